The summed E-state index contributed by atoms with van der Waals surface area (Å²) in [5, 5.41) is 8.95. The summed E-state index contributed by atoms with van der Waals surface area (Å²) in [5.74, 6) is -0.840. The summed E-state index contributed by atoms with van der Waals surface area (Å²) in [6, 6.07) is 3.65. The molecule has 0 aliphatic heterocycles. The number of benzene rings is 1. The highest BCUT2D eigenvalue weighted by Crippen LogP contribution is 2.19. The quantitative estimate of drug-likeness (QED) is 0.879. The average molecular weight is 312 g/mol. The molecule has 1 aromatic carbocycles. The van der Waals surface area contributed by atoms with Gasteiger partial charge in [0.25, 0.3) is 0 Å². The smallest absolute Gasteiger partial charge is 0.243 e. The van der Waals surface area contributed by atoms with Gasteiger partial charge in [-0.05, 0) is 25.1 Å². The van der Waals surface area contributed by atoms with E-state index in [1.807, 2.05) is 0 Å². The van der Waals surface area contributed by atoms with Crippen LogP contribution in [-0.4, -0.2) is 26.2 Å². The maximum Gasteiger partial charge on any atom is 0.243 e. The van der Waals surface area contributed by atoms with Crippen LogP contribution in [0.1, 0.15) is 6.92 Å². The zero-order valence-corrected chi connectivity index (χ0v) is 10.8. The Balaban J connectivity index is 2.99. The van der Waals surface area contributed by atoms with E-state index in [1.54, 1.807) is 0 Å². The Morgan fingerprint density at radius 1 is 1.56 bits per heavy atom. The lowest BCUT2D eigenvalue weighted by atomic mass is 10.3. The van der Waals surface area contributed by atoms with Crippen LogP contribution in [0.25, 0.3) is 0 Å². The van der Waals surface area contributed by atoms with Gasteiger partial charge in [-0.2, -0.15) is 0 Å². The minimum atomic E-state index is -3.91. The van der Waals surface area contributed by atoms with Gasteiger partial charge in [0.15, 0.2) is 0 Å². The summed E-state index contributed by atoms with van der Waals surface area (Å²) in [4.78, 5) is -0.434. The Morgan fingerprint density at radius 2 is 2.19 bits per heavy atom. The second-order valence-corrected chi connectivity index (χ2v) is 5.93. The van der Waals surface area contributed by atoms with Gasteiger partial charge in [0, 0.05) is 11.0 Å². The molecule has 0 saturated carbocycles. The highest BCUT2D eigenvalue weighted by molar-refractivity contribution is 9.10. The maximum atomic E-state index is 13.4. The first kappa shape index (κ1) is 13.6. The lowest BCUT2D eigenvalue weighted by Gasteiger charge is -2.09. The first-order chi connectivity index (χ1) is 7.33. The molecule has 0 fully saturated rings. The Kier molecular flexibility index (Phi) is 4.43. The Labute approximate surface area is 102 Å². The van der Waals surface area contributed by atoms with E-state index in [9.17, 15) is 12.8 Å². The van der Waals surface area contributed by atoms with Crippen molar-refractivity contribution in [2.45, 2.75) is 17.9 Å². The third-order valence-electron chi connectivity index (χ3n) is 1.75. The van der Waals surface area contributed by atoms with E-state index in [-0.39, 0.29) is 6.54 Å². The minimum Gasteiger partial charge on any atom is -0.392 e. The molecule has 0 radical (unpaired) electrons. The molecule has 4 nitrogen and oxygen atoms in total. The van der Waals surface area contributed by atoms with Gasteiger partial charge in [-0.15, -0.1) is 0 Å². The molecule has 0 spiro atoms. The van der Waals surface area contributed by atoms with E-state index in [0.29, 0.717) is 4.47 Å². The van der Waals surface area contributed by atoms with Crippen molar-refractivity contribution in [3.05, 3.63) is 28.5 Å². The standard InChI is InChI=1S/C9H11BrFNO3S/c1-6(13)5-12-16(14,15)9-3-2-7(10)4-8(9)11/h2-4,6,12-13H,5H2,1H3. The van der Waals surface area contributed by atoms with E-state index in [1.165, 1.54) is 13.0 Å². The van der Waals surface area contributed by atoms with Crippen molar-refractivity contribution in [1.29, 1.82) is 0 Å². The normalized spacial score (nSPS) is 13.8. The summed E-state index contributed by atoms with van der Waals surface area (Å²) in [6.45, 7) is 1.28. The van der Waals surface area contributed by atoms with Crippen molar-refractivity contribution in [2.24, 2.45) is 0 Å². The van der Waals surface area contributed by atoms with Crippen LogP contribution in [0.15, 0.2) is 27.6 Å². The summed E-state index contributed by atoms with van der Waals surface area (Å²) in [7, 11) is -3.91. The van der Waals surface area contributed by atoms with Crippen molar-refractivity contribution in [1.82, 2.24) is 4.72 Å². The average Bonchev–Trinajstić information content (AvgIpc) is 2.14. The van der Waals surface area contributed by atoms with E-state index in [0.717, 1.165) is 12.1 Å². The first-order valence-corrected chi connectivity index (χ1v) is 6.73. The van der Waals surface area contributed by atoms with Crippen LogP contribution < -0.4 is 4.72 Å². The second-order valence-electron chi connectivity index (χ2n) is 3.28. The molecular weight excluding hydrogens is 301 g/mol. The molecule has 0 bridgehead atoms. The SMILES string of the molecule is CC(O)CNS(=O)(=O)c1ccc(Br)cc1F. The fraction of sp³-hybridized carbons (Fsp3) is 0.333. The predicted octanol–water partition coefficient (Wildman–Crippen LogP) is 1.25. The monoisotopic (exact) mass is 311 g/mol. The number of hydrogen-bond acceptors (Lipinski definition) is 3. The summed E-state index contributed by atoms with van der Waals surface area (Å²) in [6.07, 6.45) is -0.826. The highest BCUT2D eigenvalue weighted by atomic mass is 79.9. The third kappa shape index (κ3) is 3.51. The molecule has 0 aromatic heterocycles. The first-order valence-electron chi connectivity index (χ1n) is 4.45. The largest absolute Gasteiger partial charge is 0.392 e. The summed E-state index contributed by atoms with van der Waals surface area (Å²) < 4.78 is 39.1. The van der Waals surface area contributed by atoms with Crippen LogP contribution in [0, 0.1) is 5.82 Å². The molecule has 2 N–H and O–H groups in total. The van der Waals surface area contributed by atoms with Crippen LogP contribution in [0.3, 0.4) is 0 Å². The highest BCUT2D eigenvalue weighted by Gasteiger charge is 2.19. The van der Waals surface area contributed by atoms with E-state index in [2.05, 4.69) is 20.7 Å². The van der Waals surface area contributed by atoms with E-state index >= 15 is 0 Å². The zero-order valence-electron chi connectivity index (χ0n) is 8.44. The molecule has 1 rings (SSSR count). The number of rotatable bonds is 4. The lowest BCUT2D eigenvalue weighted by Crippen LogP contribution is -2.31. The fourth-order valence-electron chi connectivity index (χ4n) is 1.00. The zero-order chi connectivity index (χ0) is 12.3. The number of sulfonamides is 1. The number of nitrogens with one attached hydrogen (secondary N) is 1. The van der Waals surface area contributed by atoms with Crippen LogP contribution >= 0.6 is 15.9 Å². The molecular formula is C9H11BrFNO3S. The molecule has 16 heavy (non-hydrogen) atoms. The van der Waals surface area contributed by atoms with Crippen molar-refractivity contribution >= 4 is 26.0 Å². The molecule has 0 amide bonds. The van der Waals surface area contributed by atoms with Crippen LogP contribution in [0.4, 0.5) is 4.39 Å². The number of hydrogen-bond donors (Lipinski definition) is 2. The van der Waals surface area contributed by atoms with Gasteiger partial charge in [-0.3, -0.25) is 0 Å². The maximum absolute atomic E-state index is 13.4. The molecule has 1 atom stereocenters. The van der Waals surface area contributed by atoms with Crippen LogP contribution in [0.2, 0.25) is 0 Å². The topological polar surface area (TPSA) is 66.4 Å². The number of aliphatic hydroxyl groups excluding tert-OH is 1. The Morgan fingerprint density at radius 3 is 2.69 bits per heavy atom. The molecule has 0 aliphatic carbocycles. The predicted molar refractivity (Wildman–Crippen MR) is 61.0 cm³/mol. The van der Waals surface area contributed by atoms with Gasteiger partial charge in [0.2, 0.25) is 10.0 Å². The second kappa shape index (κ2) is 5.22. The lowest BCUT2D eigenvalue weighted by molar-refractivity contribution is 0.198. The van der Waals surface area contributed by atoms with Gasteiger partial charge >= 0.3 is 0 Å². The summed E-state index contributed by atoms with van der Waals surface area (Å²) in [5.41, 5.74) is 0. The third-order valence-corrected chi connectivity index (χ3v) is 3.70. The fourth-order valence-corrected chi connectivity index (χ4v) is 2.51. The van der Waals surface area contributed by atoms with Gasteiger partial charge in [-0.1, -0.05) is 15.9 Å². The van der Waals surface area contributed by atoms with Crippen LogP contribution in [0.5, 0.6) is 0 Å². The Bertz CT molecular complexity index is 476. The van der Waals surface area contributed by atoms with E-state index < -0.39 is 26.8 Å². The summed E-state index contributed by atoms with van der Waals surface area (Å²) >= 11 is 3.03. The van der Waals surface area contributed by atoms with Gasteiger partial charge < -0.3 is 5.11 Å². The molecule has 1 aromatic rings. The van der Waals surface area contributed by atoms with Crippen molar-refractivity contribution in [2.75, 3.05) is 6.54 Å². The number of halogens is 2. The molecule has 0 heterocycles. The molecule has 90 valence electrons. The molecule has 0 saturated heterocycles. The van der Waals surface area contributed by atoms with Crippen molar-refractivity contribution in [3.8, 4) is 0 Å². The van der Waals surface area contributed by atoms with Crippen molar-refractivity contribution < 1.29 is 17.9 Å². The molecule has 7 heteroatoms. The van der Waals surface area contributed by atoms with Crippen molar-refractivity contribution in [3.63, 3.8) is 0 Å². The molecule has 1 unspecified atom stereocenters. The van der Waals surface area contributed by atoms with Crippen LogP contribution in [-0.2, 0) is 10.0 Å². The van der Waals surface area contributed by atoms with E-state index in [4.69, 9.17) is 5.11 Å². The van der Waals surface area contributed by atoms with Gasteiger partial charge in [0.05, 0.1) is 6.10 Å². The Hall–Kier alpha value is -0.500. The van der Waals surface area contributed by atoms with Gasteiger partial charge in [-0.25, -0.2) is 17.5 Å². The minimum absolute atomic E-state index is 0.155. The van der Waals surface area contributed by atoms with Gasteiger partial charge in [0.1, 0.15) is 10.7 Å². The number of aliphatic hydroxyl groups is 1. The molecule has 0 aliphatic rings.